The molecule has 5 heteroatoms. The Morgan fingerprint density at radius 3 is 2.90 bits per heavy atom. The molecule has 1 heterocycles. The van der Waals surface area contributed by atoms with Gasteiger partial charge in [0.15, 0.2) is 6.10 Å². The van der Waals surface area contributed by atoms with E-state index in [9.17, 15) is 4.79 Å². The number of hydrogen-bond donors (Lipinski definition) is 2. The maximum absolute atomic E-state index is 11.7. The van der Waals surface area contributed by atoms with E-state index in [1.807, 2.05) is 26.0 Å². The first-order valence-corrected chi connectivity index (χ1v) is 7.24. The highest BCUT2D eigenvalue weighted by molar-refractivity contribution is 5.80. The van der Waals surface area contributed by atoms with E-state index < -0.39 is 6.10 Å². The van der Waals surface area contributed by atoms with Gasteiger partial charge < -0.3 is 15.4 Å². The van der Waals surface area contributed by atoms with Gasteiger partial charge in [0.05, 0.1) is 5.69 Å². The smallest absolute Gasteiger partial charge is 0.260 e. The molecule has 1 atom stereocenters. The number of carbonyl (C=O) groups is 1. The van der Waals surface area contributed by atoms with Crippen molar-refractivity contribution < 1.29 is 9.53 Å². The van der Waals surface area contributed by atoms with E-state index in [0.717, 1.165) is 11.4 Å². The Labute approximate surface area is 120 Å². The summed E-state index contributed by atoms with van der Waals surface area (Å²) in [5.74, 6) is 0.580. The standard InChI is InChI=1S/C15H23N3O2/c1-4-16-15(19)11(3)20-14-8-5-10(2)18-13(14)9-17-12-6-7-12/h5,8,11-12,17H,4,6-7,9H2,1-3H3,(H,16,19). The summed E-state index contributed by atoms with van der Waals surface area (Å²) in [4.78, 5) is 16.2. The molecule has 0 spiro atoms. The lowest BCUT2D eigenvalue weighted by molar-refractivity contribution is -0.127. The molecule has 2 N–H and O–H groups in total. The number of ether oxygens (including phenoxy) is 1. The van der Waals surface area contributed by atoms with E-state index in [2.05, 4.69) is 15.6 Å². The van der Waals surface area contributed by atoms with Crippen LogP contribution < -0.4 is 15.4 Å². The van der Waals surface area contributed by atoms with E-state index in [1.54, 1.807) is 6.92 Å². The summed E-state index contributed by atoms with van der Waals surface area (Å²) in [5.41, 5.74) is 1.82. The zero-order chi connectivity index (χ0) is 14.5. The Morgan fingerprint density at radius 2 is 2.25 bits per heavy atom. The molecule has 20 heavy (non-hydrogen) atoms. The summed E-state index contributed by atoms with van der Waals surface area (Å²) in [6, 6.07) is 4.41. The van der Waals surface area contributed by atoms with Gasteiger partial charge in [-0.1, -0.05) is 0 Å². The van der Waals surface area contributed by atoms with Gasteiger partial charge in [-0.25, -0.2) is 0 Å². The minimum Gasteiger partial charge on any atom is -0.479 e. The Morgan fingerprint density at radius 1 is 1.50 bits per heavy atom. The fourth-order valence-corrected chi connectivity index (χ4v) is 1.92. The number of nitrogens with zero attached hydrogens (tertiary/aromatic N) is 1. The van der Waals surface area contributed by atoms with Gasteiger partial charge in [0.2, 0.25) is 0 Å². The molecule has 0 saturated heterocycles. The number of amides is 1. The molecule has 110 valence electrons. The van der Waals surface area contributed by atoms with Crippen LogP contribution in [0.25, 0.3) is 0 Å². The number of likely N-dealkylation sites (N-methyl/N-ethyl adjacent to an activating group) is 1. The van der Waals surface area contributed by atoms with Crippen LogP contribution in [-0.4, -0.2) is 29.6 Å². The third kappa shape index (κ3) is 4.20. The van der Waals surface area contributed by atoms with Gasteiger partial charge in [0.25, 0.3) is 5.91 Å². The highest BCUT2D eigenvalue weighted by Crippen LogP contribution is 2.22. The fourth-order valence-electron chi connectivity index (χ4n) is 1.92. The van der Waals surface area contributed by atoms with Crippen molar-refractivity contribution >= 4 is 5.91 Å². The molecule has 1 aliphatic rings. The fraction of sp³-hybridized carbons (Fsp3) is 0.600. The van der Waals surface area contributed by atoms with Gasteiger partial charge in [-0.05, 0) is 45.7 Å². The monoisotopic (exact) mass is 277 g/mol. The number of carbonyl (C=O) groups excluding carboxylic acids is 1. The van der Waals surface area contributed by atoms with Crippen molar-refractivity contribution in [2.45, 2.75) is 52.3 Å². The molecule has 0 bridgehead atoms. The lowest BCUT2D eigenvalue weighted by Crippen LogP contribution is -2.36. The summed E-state index contributed by atoms with van der Waals surface area (Å²) in [5, 5.41) is 6.18. The van der Waals surface area contributed by atoms with E-state index in [-0.39, 0.29) is 5.91 Å². The van der Waals surface area contributed by atoms with E-state index in [1.165, 1.54) is 12.8 Å². The molecule has 0 radical (unpaired) electrons. The third-order valence-electron chi connectivity index (χ3n) is 3.23. The predicted octanol–water partition coefficient (Wildman–Crippen LogP) is 1.55. The van der Waals surface area contributed by atoms with Gasteiger partial charge >= 0.3 is 0 Å². The number of aromatic nitrogens is 1. The molecular formula is C15H23N3O2. The van der Waals surface area contributed by atoms with Crippen LogP contribution in [-0.2, 0) is 11.3 Å². The Kier molecular flexibility index (Phi) is 4.95. The predicted molar refractivity (Wildman–Crippen MR) is 77.6 cm³/mol. The number of aryl methyl sites for hydroxylation is 1. The molecule has 1 aromatic heterocycles. The van der Waals surface area contributed by atoms with Crippen molar-refractivity contribution in [3.05, 3.63) is 23.5 Å². The second-order valence-electron chi connectivity index (χ2n) is 5.21. The molecule has 2 rings (SSSR count). The average molecular weight is 277 g/mol. The van der Waals surface area contributed by atoms with Crippen LogP contribution >= 0.6 is 0 Å². The zero-order valence-corrected chi connectivity index (χ0v) is 12.4. The Balaban J connectivity index is 2.02. The van der Waals surface area contributed by atoms with Crippen molar-refractivity contribution in [1.82, 2.24) is 15.6 Å². The van der Waals surface area contributed by atoms with E-state index in [0.29, 0.717) is 24.9 Å². The van der Waals surface area contributed by atoms with E-state index >= 15 is 0 Å². The normalized spacial score (nSPS) is 15.8. The van der Waals surface area contributed by atoms with Crippen molar-refractivity contribution in [2.24, 2.45) is 0 Å². The first-order chi connectivity index (χ1) is 9.60. The largest absolute Gasteiger partial charge is 0.479 e. The first-order valence-electron chi connectivity index (χ1n) is 7.24. The molecule has 1 fully saturated rings. The highest BCUT2D eigenvalue weighted by Gasteiger charge is 2.22. The number of hydrogen-bond acceptors (Lipinski definition) is 4. The third-order valence-corrected chi connectivity index (χ3v) is 3.23. The van der Waals surface area contributed by atoms with E-state index in [4.69, 9.17) is 4.74 Å². The minimum absolute atomic E-state index is 0.103. The second kappa shape index (κ2) is 6.70. The zero-order valence-electron chi connectivity index (χ0n) is 12.4. The van der Waals surface area contributed by atoms with Gasteiger partial charge in [-0.2, -0.15) is 0 Å². The molecule has 1 saturated carbocycles. The van der Waals surface area contributed by atoms with Crippen molar-refractivity contribution in [3.8, 4) is 5.75 Å². The van der Waals surface area contributed by atoms with Crippen LogP contribution in [0.5, 0.6) is 5.75 Å². The van der Waals surface area contributed by atoms with Crippen LogP contribution in [0.15, 0.2) is 12.1 Å². The lowest BCUT2D eigenvalue weighted by atomic mass is 10.2. The first kappa shape index (κ1) is 14.8. The van der Waals surface area contributed by atoms with Crippen LogP contribution in [0.3, 0.4) is 0 Å². The topological polar surface area (TPSA) is 63.2 Å². The van der Waals surface area contributed by atoms with Crippen molar-refractivity contribution in [2.75, 3.05) is 6.54 Å². The molecule has 1 amide bonds. The van der Waals surface area contributed by atoms with Crippen LogP contribution in [0, 0.1) is 6.92 Å². The van der Waals surface area contributed by atoms with Crippen LogP contribution in [0.2, 0.25) is 0 Å². The summed E-state index contributed by atoms with van der Waals surface area (Å²) in [6.45, 7) is 6.89. The summed E-state index contributed by atoms with van der Waals surface area (Å²) >= 11 is 0. The Bertz CT molecular complexity index is 472. The molecule has 0 aromatic carbocycles. The molecule has 5 nitrogen and oxygen atoms in total. The number of rotatable bonds is 7. The minimum atomic E-state index is -0.515. The molecule has 1 unspecified atom stereocenters. The van der Waals surface area contributed by atoms with Crippen molar-refractivity contribution in [3.63, 3.8) is 0 Å². The summed E-state index contributed by atoms with van der Waals surface area (Å²) in [7, 11) is 0. The molecule has 1 aliphatic carbocycles. The number of pyridine rings is 1. The summed E-state index contributed by atoms with van der Waals surface area (Å²) in [6.07, 6.45) is 1.95. The average Bonchev–Trinajstić information content (AvgIpc) is 3.23. The summed E-state index contributed by atoms with van der Waals surface area (Å²) < 4.78 is 5.75. The highest BCUT2D eigenvalue weighted by atomic mass is 16.5. The van der Waals surface area contributed by atoms with Gasteiger partial charge in [-0.3, -0.25) is 9.78 Å². The quantitative estimate of drug-likeness (QED) is 0.793. The van der Waals surface area contributed by atoms with Crippen LogP contribution in [0.1, 0.15) is 38.1 Å². The second-order valence-corrected chi connectivity index (χ2v) is 5.21. The van der Waals surface area contributed by atoms with Gasteiger partial charge in [0.1, 0.15) is 5.75 Å². The molecule has 0 aliphatic heterocycles. The molecule has 1 aromatic rings. The SMILES string of the molecule is CCNC(=O)C(C)Oc1ccc(C)nc1CNC1CC1. The van der Waals surface area contributed by atoms with Crippen molar-refractivity contribution in [1.29, 1.82) is 0 Å². The molecular weight excluding hydrogens is 254 g/mol. The Hall–Kier alpha value is -1.62. The maximum Gasteiger partial charge on any atom is 0.260 e. The number of nitrogens with one attached hydrogen (secondary N) is 2. The van der Waals surface area contributed by atoms with Crippen LogP contribution in [0.4, 0.5) is 0 Å². The lowest BCUT2D eigenvalue weighted by Gasteiger charge is -2.17. The maximum atomic E-state index is 11.7. The van der Waals surface area contributed by atoms with Gasteiger partial charge in [0, 0.05) is 24.8 Å². The van der Waals surface area contributed by atoms with Gasteiger partial charge in [-0.15, -0.1) is 0 Å².